The molecule has 6 rings (SSSR count). The molecule has 0 saturated carbocycles. The van der Waals surface area contributed by atoms with E-state index in [9.17, 15) is 0 Å². The Morgan fingerprint density at radius 3 is 2.57 bits per heavy atom. The number of ether oxygens (including phenoxy) is 1. The van der Waals surface area contributed by atoms with Crippen LogP contribution in [0.1, 0.15) is 11.1 Å². The van der Waals surface area contributed by atoms with E-state index in [4.69, 9.17) is 4.74 Å². The van der Waals surface area contributed by atoms with Crippen molar-refractivity contribution in [3.05, 3.63) is 65.9 Å². The summed E-state index contributed by atoms with van der Waals surface area (Å²) in [4.78, 5) is 0. The summed E-state index contributed by atoms with van der Waals surface area (Å²) >= 11 is 0. The molecule has 3 aromatic heterocycles. The van der Waals surface area contributed by atoms with Crippen LogP contribution < -0.4 is 9.30 Å². The van der Waals surface area contributed by atoms with E-state index in [0.717, 1.165) is 5.75 Å². The number of rotatable bonds is 1. The molecule has 3 nitrogen and oxygen atoms in total. The van der Waals surface area contributed by atoms with E-state index in [1.807, 2.05) is 0 Å². The predicted octanol–water partition coefficient (Wildman–Crippen LogP) is 5.44. The minimum absolute atomic E-state index is 0.887. The molecular formula is C25H21N2O+. The van der Waals surface area contributed by atoms with Crippen LogP contribution in [0.3, 0.4) is 0 Å². The maximum absolute atomic E-state index is 5.56. The molecule has 0 aliphatic carbocycles. The van der Waals surface area contributed by atoms with Crippen LogP contribution in [-0.2, 0) is 7.05 Å². The van der Waals surface area contributed by atoms with Gasteiger partial charge in [-0.15, -0.1) is 0 Å². The number of benzene rings is 3. The topological polar surface area (TPSA) is 17.5 Å². The van der Waals surface area contributed by atoms with Gasteiger partial charge >= 0.3 is 0 Å². The fourth-order valence-corrected chi connectivity index (χ4v) is 4.94. The highest BCUT2D eigenvalue weighted by molar-refractivity contribution is 6.26. The van der Waals surface area contributed by atoms with Crippen LogP contribution in [-0.4, -0.2) is 11.5 Å². The van der Waals surface area contributed by atoms with Crippen molar-refractivity contribution in [2.24, 2.45) is 7.05 Å². The molecule has 0 aliphatic heterocycles. The van der Waals surface area contributed by atoms with E-state index in [0.29, 0.717) is 0 Å². The van der Waals surface area contributed by atoms with Crippen LogP contribution in [0.5, 0.6) is 5.75 Å². The first-order valence-corrected chi connectivity index (χ1v) is 9.64. The summed E-state index contributed by atoms with van der Waals surface area (Å²) in [5.41, 5.74) is 7.72. The maximum Gasteiger partial charge on any atom is 0.224 e. The molecule has 3 aromatic carbocycles. The zero-order valence-electron chi connectivity index (χ0n) is 16.5. The molecule has 0 unspecified atom stereocenters. The summed E-state index contributed by atoms with van der Waals surface area (Å²) in [6.45, 7) is 4.47. The van der Waals surface area contributed by atoms with Gasteiger partial charge in [0.2, 0.25) is 5.52 Å². The molecule has 3 heterocycles. The third-order valence-electron chi connectivity index (χ3n) is 6.40. The zero-order valence-corrected chi connectivity index (χ0v) is 16.5. The van der Waals surface area contributed by atoms with Gasteiger partial charge in [0, 0.05) is 22.9 Å². The van der Waals surface area contributed by atoms with Crippen molar-refractivity contribution in [3.63, 3.8) is 0 Å². The summed E-state index contributed by atoms with van der Waals surface area (Å²) < 4.78 is 10.3. The van der Waals surface area contributed by atoms with Gasteiger partial charge in [0.05, 0.1) is 34.4 Å². The maximum atomic E-state index is 5.56. The van der Waals surface area contributed by atoms with E-state index >= 15 is 0 Å². The molecule has 0 radical (unpaired) electrons. The van der Waals surface area contributed by atoms with E-state index in [2.05, 4.69) is 84.6 Å². The highest BCUT2D eigenvalue weighted by atomic mass is 16.5. The fraction of sp³-hybridized carbons (Fsp3) is 0.160. The minimum atomic E-state index is 0.887. The number of hydrogen-bond donors (Lipinski definition) is 0. The molecule has 0 saturated heterocycles. The lowest BCUT2D eigenvalue weighted by Crippen LogP contribution is -2.29. The van der Waals surface area contributed by atoms with Gasteiger partial charge in [-0.05, 0) is 54.6 Å². The van der Waals surface area contributed by atoms with Crippen LogP contribution in [0, 0.1) is 13.8 Å². The van der Waals surface area contributed by atoms with Gasteiger partial charge in [0.1, 0.15) is 12.8 Å². The highest BCUT2D eigenvalue weighted by Crippen LogP contribution is 2.42. The predicted molar refractivity (Wildman–Crippen MR) is 116 cm³/mol. The molecule has 6 aromatic rings. The molecule has 0 N–H and O–H groups in total. The van der Waals surface area contributed by atoms with E-state index in [1.54, 1.807) is 7.11 Å². The molecule has 3 heteroatoms. The Kier molecular flexibility index (Phi) is 2.88. The van der Waals surface area contributed by atoms with Crippen molar-refractivity contribution in [3.8, 4) is 5.75 Å². The van der Waals surface area contributed by atoms with Gasteiger partial charge in [0.25, 0.3) is 0 Å². The molecule has 0 fully saturated rings. The highest BCUT2D eigenvalue weighted by Gasteiger charge is 2.24. The first-order valence-electron chi connectivity index (χ1n) is 9.64. The molecule has 136 valence electrons. The number of methoxy groups -OCH3 is 1. The standard InChI is InChI=1S/C25H21N2O/c1-14-12-19-18-9-8-17(28-4)13-21(18)27-20-7-5-6-16-10-11-26(3)25(23(16)20)22(15(14)2)24(19)27/h5-13H,1-4H3/q+1. The number of nitrogens with zero attached hydrogens (tertiary/aromatic N) is 2. The summed E-state index contributed by atoms with van der Waals surface area (Å²) in [7, 11) is 3.89. The third-order valence-corrected chi connectivity index (χ3v) is 6.40. The average molecular weight is 365 g/mol. The number of aryl methyl sites for hydroxylation is 3. The Balaban J connectivity index is 2.11. The molecule has 0 spiro atoms. The van der Waals surface area contributed by atoms with Gasteiger partial charge in [0.15, 0.2) is 6.20 Å². The lowest BCUT2D eigenvalue weighted by molar-refractivity contribution is -0.643. The summed E-state index contributed by atoms with van der Waals surface area (Å²) in [6.07, 6.45) is 2.18. The lowest BCUT2D eigenvalue weighted by atomic mass is 9.97. The molecular weight excluding hydrogens is 344 g/mol. The van der Waals surface area contributed by atoms with E-state index in [1.165, 1.54) is 60.1 Å². The fourth-order valence-electron chi connectivity index (χ4n) is 4.94. The van der Waals surface area contributed by atoms with Crippen LogP contribution in [0.15, 0.2) is 54.7 Å². The molecule has 0 atom stereocenters. The van der Waals surface area contributed by atoms with Gasteiger partial charge in [-0.1, -0.05) is 12.1 Å². The number of fused-ring (bicyclic) bond motifs is 5. The van der Waals surface area contributed by atoms with Gasteiger partial charge in [-0.3, -0.25) is 0 Å². The second-order valence-corrected chi connectivity index (χ2v) is 7.82. The summed E-state index contributed by atoms with van der Waals surface area (Å²) in [6, 6.07) is 17.6. The number of pyridine rings is 2. The second-order valence-electron chi connectivity index (χ2n) is 7.82. The molecule has 28 heavy (non-hydrogen) atoms. The Labute approximate surface area is 162 Å². The SMILES string of the molecule is COc1ccc2c3cc(C)c(C)c4c3n(c2c1)c1cccc2cc[n+](C)c4c21. The van der Waals surface area contributed by atoms with Gasteiger partial charge in [-0.25, -0.2) is 4.57 Å². The van der Waals surface area contributed by atoms with E-state index in [-0.39, 0.29) is 0 Å². The first kappa shape index (κ1) is 15.7. The molecule has 0 bridgehead atoms. The minimum Gasteiger partial charge on any atom is -0.497 e. The summed E-state index contributed by atoms with van der Waals surface area (Å²) in [5.74, 6) is 0.887. The Hall–Kier alpha value is -3.33. The molecule has 0 aliphatic rings. The van der Waals surface area contributed by atoms with Crippen LogP contribution >= 0.6 is 0 Å². The van der Waals surface area contributed by atoms with E-state index < -0.39 is 0 Å². The normalized spacial score (nSPS) is 12.3. The van der Waals surface area contributed by atoms with Crippen molar-refractivity contribution in [2.75, 3.05) is 7.11 Å². The Morgan fingerprint density at radius 2 is 1.75 bits per heavy atom. The van der Waals surface area contributed by atoms with Crippen molar-refractivity contribution in [1.29, 1.82) is 0 Å². The van der Waals surface area contributed by atoms with Crippen molar-refractivity contribution >= 4 is 49.0 Å². The zero-order chi connectivity index (χ0) is 19.2. The Morgan fingerprint density at radius 1 is 0.893 bits per heavy atom. The van der Waals surface area contributed by atoms with Gasteiger partial charge in [-0.2, -0.15) is 0 Å². The van der Waals surface area contributed by atoms with Crippen molar-refractivity contribution < 1.29 is 9.30 Å². The van der Waals surface area contributed by atoms with Crippen LogP contribution in [0.2, 0.25) is 0 Å². The Bertz CT molecular complexity index is 1570. The lowest BCUT2D eigenvalue weighted by Gasteiger charge is -2.13. The quantitative estimate of drug-likeness (QED) is 0.215. The smallest absolute Gasteiger partial charge is 0.224 e. The van der Waals surface area contributed by atoms with Crippen molar-refractivity contribution in [1.82, 2.24) is 4.40 Å². The average Bonchev–Trinajstić information content (AvgIpc) is 3.03. The number of hydrogen-bond acceptors (Lipinski definition) is 1. The van der Waals surface area contributed by atoms with Crippen LogP contribution in [0.25, 0.3) is 49.0 Å². The third kappa shape index (κ3) is 1.72. The molecule has 0 amide bonds. The van der Waals surface area contributed by atoms with Crippen LogP contribution in [0.4, 0.5) is 0 Å². The summed E-state index contributed by atoms with van der Waals surface area (Å²) in [5, 5.41) is 6.51. The first-order chi connectivity index (χ1) is 13.6. The second kappa shape index (κ2) is 5.14. The monoisotopic (exact) mass is 365 g/mol. The van der Waals surface area contributed by atoms with Gasteiger partial charge < -0.3 is 9.14 Å². The van der Waals surface area contributed by atoms with Crippen molar-refractivity contribution in [2.45, 2.75) is 13.8 Å². The largest absolute Gasteiger partial charge is 0.497 e. The number of aromatic nitrogens is 2.